The van der Waals surface area contributed by atoms with Crippen LogP contribution in [0.1, 0.15) is 51.2 Å². The van der Waals surface area contributed by atoms with Crippen molar-refractivity contribution in [3.05, 3.63) is 77.3 Å². The van der Waals surface area contributed by atoms with Gasteiger partial charge in [-0.3, -0.25) is 4.98 Å². The van der Waals surface area contributed by atoms with E-state index in [4.69, 9.17) is 16.6 Å². The fourth-order valence-corrected chi connectivity index (χ4v) is 4.11. The summed E-state index contributed by atoms with van der Waals surface area (Å²) in [4.78, 5) is 29.3. The van der Waals surface area contributed by atoms with E-state index in [0.717, 1.165) is 11.8 Å². The molecule has 2 aromatic heterocycles. The van der Waals surface area contributed by atoms with E-state index in [1.165, 1.54) is 12.1 Å². The first-order valence-corrected chi connectivity index (χ1v) is 9.99. The molecule has 0 amide bonds. The van der Waals surface area contributed by atoms with E-state index >= 15 is 0 Å². The first-order valence-electron chi connectivity index (χ1n) is 9.59. The Kier molecular flexibility index (Phi) is 5.43. The lowest BCUT2D eigenvalue weighted by molar-refractivity contribution is 0.0696. The third-order valence-electron chi connectivity index (χ3n) is 5.17. The van der Waals surface area contributed by atoms with E-state index in [-0.39, 0.29) is 23.2 Å². The molecule has 1 aromatic carbocycles. The number of aromatic nitrogens is 1. The molecular formula is C22H19N3O5S. The number of hydrogen-bond acceptors (Lipinski definition) is 5. The summed E-state index contributed by atoms with van der Waals surface area (Å²) in [5.41, 5.74) is 0.926. The molecule has 0 bridgehead atoms. The van der Waals surface area contributed by atoms with Crippen LogP contribution in [0.15, 0.2) is 59.1 Å². The fourth-order valence-electron chi connectivity index (χ4n) is 3.74. The summed E-state index contributed by atoms with van der Waals surface area (Å²) in [5, 5.41) is 22.6. The van der Waals surface area contributed by atoms with E-state index in [2.05, 4.69) is 10.3 Å². The Labute approximate surface area is 183 Å². The van der Waals surface area contributed by atoms with Gasteiger partial charge >= 0.3 is 11.9 Å². The second-order valence-electron chi connectivity index (χ2n) is 7.02. The first-order chi connectivity index (χ1) is 14.9. The highest BCUT2D eigenvalue weighted by molar-refractivity contribution is 7.80. The van der Waals surface area contributed by atoms with E-state index in [9.17, 15) is 19.8 Å². The fraction of sp³-hybridized carbons (Fsp3) is 0.182. The van der Waals surface area contributed by atoms with Gasteiger partial charge in [-0.15, -0.1) is 0 Å². The molecule has 8 nitrogen and oxygen atoms in total. The van der Waals surface area contributed by atoms with Gasteiger partial charge in [-0.25, -0.2) is 9.59 Å². The third-order valence-corrected chi connectivity index (χ3v) is 5.52. The smallest absolute Gasteiger partial charge is 0.335 e. The zero-order valence-electron chi connectivity index (χ0n) is 16.5. The number of nitrogens with zero attached hydrogens (tertiary/aromatic N) is 2. The zero-order chi connectivity index (χ0) is 22.1. The normalized spacial score (nSPS) is 18.1. The van der Waals surface area contributed by atoms with Crippen LogP contribution in [0.4, 0.5) is 0 Å². The maximum absolute atomic E-state index is 11.4. The summed E-state index contributed by atoms with van der Waals surface area (Å²) >= 11 is 5.50. The molecule has 158 valence electrons. The average Bonchev–Trinajstić information content (AvgIpc) is 3.38. The van der Waals surface area contributed by atoms with Crippen LogP contribution in [-0.2, 0) is 0 Å². The predicted octanol–water partition coefficient (Wildman–Crippen LogP) is 3.73. The van der Waals surface area contributed by atoms with Gasteiger partial charge in [-0.05, 0) is 61.6 Å². The zero-order valence-corrected chi connectivity index (χ0v) is 17.3. The van der Waals surface area contributed by atoms with Crippen LogP contribution >= 0.6 is 12.2 Å². The van der Waals surface area contributed by atoms with Crippen LogP contribution in [0, 0.1) is 0 Å². The molecule has 0 spiro atoms. The highest BCUT2D eigenvalue weighted by Gasteiger charge is 2.40. The van der Waals surface area contributed by atoms with Crippen molar-refractivity contribution in [1.82, 2.24) is 15.2 Å². The summed E-state index contributed by atoms with van der Waals surface area (Å²) in [6.07, 6.45) is 1.71. The van der Waals surface area contributed by atoms with Crippen molar-refractivity contribution in [1.29, 1.82) is 0 Å². The van der Waals surface area contributed by atoms with E-state index in [1.807, 2.05) is 30.0 Å². The lowest BCUT2D eigenvalue weighted by Gasteiger charge is -2.24. The number of pyridine rings is 1. The van der Waals surface area contributed by atoms with Gasteiger partial charge in [-0.2, -0.15) is 0 Å². The number of furan rings is 1. The Morgan fingerprint density at radius 2 is 1.84 bits per heavy atom. The number of carbonyl (C=O) groups is 2. The van der Waals surface area contributed by atoms with Crippen molar-refractivity contribution in [2.24, 2.45) is 0 Å². The summed E-state index contributed by atoms with van der Waals surface area (Å²) in [5.74, 6) is -1.45. The number of aromatic carboxylic acids is 2. The van der Waals surface area contributed by atoms with Gasteiger partial charge in [0, 0.05) is 18.3 Å². The van der Waals surface area contributed by atoms with Gasteiger partial charge in [0.2, 0.25) is 0 Å². The number of nitrogens with one attached hydrogen (secondary N) is 1. The molecule has 0 radical (unpaired) electrons. The van der Waals surface area contributed by atoms with Crippen molar-refractivity contribution in [3.8, 4) is 11.3 Å². The van der Waals surface area contributed by atoms with Crippen molar-refractivity contribution in [2.75, 3.05) is 6.54 Å². The number of likely N-dealkylation sites (N-methyl/N-ethyl adjacent to an activating group) is 1. The second kappa shape index (κ2) is 8.19. The number of thiocarbonyl (C=S) groups is 1. The molecule has 3 aromatic rings. The molecule has 3 heterocycles. The minimum atomic E-state index is -1.21. The molecule has 1 saturated heterocycles. The van der Waals surface area contributed by atoms with E-state index in [1.54, 1.807) is 18.3 Å². The maximum Gasteiger partial charge on any atom is 0.335 e. The van der Waals surface area contributed by atoms with Crippen molar-refractivity contribution in [3.63, 3.8) is 0 Å². The largest absolute Gasteiger partial charge is 0.478 e. The monoisotopic (exact) mass is 437 g/mol. The molecule has 4 rings (SSSR count). The van der Waals surface area contributed by atoms with Gasteiger partial charge in [0.15, 0.2) is 5.11 Å². The Morgan fingerprint density at radius 1 is 1.13 bits per heavy atom. The van der Waals surface area contributed by atoms with E-state index in [0.29, 0.717) is 28.7 Å². The van der Waals surface area contributed by atoms with Crippen LogP contribution in [0.25, 0.3) is 11.3 Å². The molecule has 0 aliphatic carbocycles. The number of carboxylic acid groups (broad SMARTS) is 2. The molecular weight excluding hydrogens is 418 g/mol. The predicted molar refractivity (Wildman–Crippen MR) is 116 cm³/mol. The Morgan fingerprint density at radius 3 is 2.42 bits per heavy atom. The van der Waals surface area contributed by atoms with Gasteiger partial charge in [0.25, 0.3) is 0 Å². The van der Waals surface area contributed by atoms with Gasteiger partial charge < -0.3 is 24.8 Å². The van der Waals surface area contributed by atoms with Gasteiger partial charge in [0.05, 0.1) is 22.9 Å². The third kappa shape index (κ3) is 3.87. The van der Waals surface area contributed by atoms with Crippen molar-refractivity contribution < 1.29 is 24.2 Å². The molecule has 1 aliphatic rings. The molecule has 1 fully saturated rings. The van der Waals surface area contributed by atoms with E-state index < -0.39 is 11.9 Å². The molecule has 0 saturated carbocycles. The first kappa shape index (κ1) is 20.5. The Hall–Kier alpha value is -3.72. The standard InChI is InChI=1S/C22H19N3O5S/c1-2-25-19(18(24-22(25)31)15-5-3-4-8-23-15)17-7-6-16(30-17)12-9-13(20(26)27)11-14(10-12)21(28)29/h3-11,18-19H,2H2,1H3,(H,24,31)(H,26,27)(H,28,29)/t18-,19+/m1/s1. The summed E-state index contributed by atoms with van der Waals surface area (Å²) in [6, 6.07) is 12.6. The number of benzene rings is 1. The van der Waals surface area contributed by atoms with Crippen LogP contribution in [0.5, 0.6) is 0 Å². The van der Waals surface area contributed by atoms with Crippen molar-refractivity contribution >= 4 is 29.3 Å². The van der Waals surface area contributed by atoms with Crippen LogP contribution < -0.4 is 5.32 Å². The quantitative estimate of drug-likeness (QED) is 0.496. The Balaban J connectivity index is 1.76. The SMILES string of the molecule is CCN1C(=S)N[C@H](c2ccccn2)[C@@H]1c1ccc(-c2cc(C(=O)O)cc(C(=O)O)c2)o1. The lowest BCUT2D eigenvalue weighted by Crippen LogP contribution is -2.29. The summed E-state index contributed by atoms with van der Waals surface area (Å²) in [6.45, 7) is 2.63. The molecule has 31 heavy (non-hydrogen) atoms. The highest BCUT2D eigenvalue weighted by Crippen LogP contribution is 2.40. The van der Waals surface area contributed by atoms with Crippen LogP contribution in [0.3, 0.4) is 0 Å². The minimum absolute atomic E-state index is 0.127. The molecule has 9 heteroatoms. The molecule has 2 atom stereocenters. The number of hydrogen-bond donors (Lipinski definition) is 3. The van der Waals surface area contributed by atoms with Crippen molar-refractivity contribution in [2.45, 2.75) is 19.0 Å². The number of rotatable bonds is 6. The molecule has 1 aliphatic heterocycles. The van der Waals surface area contributed by atoms with Gasteiger partial charge in [-0.1, -0.05) is 6.07 Å². The maximum atomic E-state index is 11.4. The average molecular weight is 437 g/mol. The summed E-state index contributed by atoms with van der Waals surface area (Å²) in [7, 11) is 0. The highest BCUT2D eigenvalue weighted by atomic mass is 32.1. The van der Waals surface area contributed by atoms with Gasteiger partial charge in [0.1, 0.15) is 17.6 Å². The Bertz CT molecular complexity index is 1130. The van der Waals surface area contributed by atoms with Crippen LogP contribution in [-0.4, -0.2) is 43.7 Å². The topological polar surface area (TPSA) is 116 Å². The molecule has 0 unspecified atom stereocenters. The second-order valence-corrected chi connectivity index (χ2v) is 7.41. The number of carboxylic acids is 2. The minimum Gasteiger partial charge on any atom is -0.478 e. The molecule has 3 N–H and O–H groups in total. The lowest BCUT2D eigenvalue weighted by atomic mass is 10.0. The summed E-state index contributed by atoms with van der Waals surface area (Å²) < 4.78 is 6.10. The van der Waals surface area contributed by atoms with Crippen LogP contribution in [0.2, 0.25) is 0 Å².